The SMILES string of the molecule is O=C(NO)c1ccc(COc2ccc3c(c2)CC(CC2=CC(C(F)(F)F)CC(C(F)(F)F)=C2)C3=O)cc1. The molecule has 5 nitrogen and oxygen atoms in total. The first-order chi connectivity index (χ1) is 17.3. The molecule has 0 fully saturated rings. The molecule has 1 amide bonds. The molecule has 2 aromatic carbocycles. The second kappa shape index (κ2) is 10.0. The van der Waals surface area contributed by atoms with Crippen molar-refractivity contribution in [3.05, 3.63) is 88.0 Å². The third-order valence-electron chi connectivity index (χ3n) is 6.38. The maximum Gasteiger partial charge on any atom is 0.412 e. The molecule has 37 heavy (non-hydrogen) atoms. The van der Waals surface area contributed by atoms with Crippen LogP contribution in [0.2, 0.25) is 0 Å². The molecule has 2 unspecified atom stereocenters. The summed E-state index contributed by atoms with van der Waals surface area (Å²) < 4.78 is 85.1. The van der Waals surface area contributed by atoms with Gasteiger partial charge in [0.2, 0.25) is 0 Å². The van der Waals surface area contributed by atoms with Gasteiger partial charge in [0.15, 0.2) is 5.78 Å². The van der Waals surface area contributed by atoms with E-state index >= 15 is 0 Å². The van der Waals surface area contributed by atoms with Gasteiger partial charge in [0.25, 0.3) is 5.91 Å². The van der Waals surface area contributed by atoms with Crippen molar-refractivity contribution in [3.8, 4) is 5.75 Å². The molecule has 2 aliphatic rings. The predicted molar refractivity (Wildman–Crippen MR) is 119 cm³/mol. The summed E-state index contributed by atoms with van der Waals surface area (Å²) in [4.78, 5) is 24.2. The molecule has 0 aliphatic heterocycles. The van der Waals surface area contributed by atoms with Gasteiger partial charge in [0.1, 0.15) is 12.4 Å². The molecular formula is C26H21F6NO4. The zero-order chi connectivity index (χ0) is 27.0. The Morgan fingerprint density at radius 2 is 1.73 bits per heavy atom. The third kappa shape index (κ3) is 6.04. The van der Waals surface area contributed by atoms with Gasteiger partial charge in [-0.25, -0.2) is 5.48 Å². The maximum atomic E-state index is 13.2. The molecule has 0 bridgehead atoms. The van der Waals surface area contributed by atoms with Crippen LogP contribution < -0.4 is 10.2 Å². The fraction of sp³-hybridized carbons (Fsp3) is 0.308. The van der Waals surface area contributed by atoms with Crippen LogP contribution in [0, 0.1) is 11.8 Å². The monoisotopic (exact) mass is 525 g/mol. The van der Waals surface area contributed by atoms with Crippen LogP contribution in [0.1, 0.15) is 44.7 Å². The van der Waals surface area contributed by atoms with Crippen LogP contribution in [-0.4, -0.2) is 29.3 Å². The molecule has 196 valence electrons. The summed E-state index contributed by atoms with van der Waals surface area (Å²) in [5, 5.41) is 8.66. The van der Waals surface area contributed by atoms with Gasteiger partial charge in [-0.15, -0.1) is 0 Å². The highest BCUT2D eigenvalue weighted by atomic mass is 19.4. The molecule has 4 rings (SSSR count). The van der Waals surface area contributed by atoms with Crippen molar-refractivity contribution >= 4 is 11.7 Å². The predicted octanol–water partition coefficient (Wildman–Crippen LogP) is 6.13. The number of halogens is 6. The average Bonchev–Trinajstić information content (AvgIpc) is 3.15. The molecule has 0 heterocycles. The van der Waals surface area contributed by atoms with E-state index in [1.54, 1.807) is 24.3 Å². The van der Waals surface area contributed by atoms with Gasteiger partial charge in [-0.2, -0.15) is 26.3 Å². The summed E-state index contributed by atoms with van der Waals surface area (Å²) in [6, 6.07) is 11.0. The number of fused-ring (bicyclic) bond motifs is 1. The van der Waals surface area contributed by atoms with Crippen LogP contribution in [0.5, 0.6) is 5.75 Å². The van der Waals surface area contributed by atoms with Gasteiger partial charge in [0, 0.05) is 22.6 Å². The number of carbonyl (C=O) groups is 2. The Hall–Kier alpha value is -3.60. The van der Waals surface area contributed by atoms with E-state index in [2.05, 4.69) is 0 Å². The van der Waals surface area contributed by atoms with Gasteiger partial charge >= 0.3 is 12.4 Å². The normalized spacial score (nSPS) is 19.7. The number of Topliss-reactive ketones (excluding diaryl/α,β-unsaturated/α-hetero) is 1. The molecule has 0 saturated heterocycles. The number of alkyl halides is 6. The number of hydrogen-bond acceptors (Lipinski definition) is 4. The number of carbonyl (C=O) groups excluding carboxylic acids is 2. The largest absolute Gasteiger partial charge is 0.489 e. The minimum absolute atomic E-state index is 0.133. The second-order valence-electron chi connectivity index (χ2n) is 8.98. The van der Waals surface area contributed by atoms with Gasteiger partial charge in [-0.05, 0) is 60.7 Å². The number of hydroxylamine groups is 1. The lowest BCUT2D eigenvalue weighted by Crippen LogP contribution is -2.28. The summed E-state index contributed by atoms with van der Waals surface area (Å²) in [5.74, 6) is -3.60. The number of rotatable bonds is 6. The van der Waals surface area contributed by atoms with Crippen molar-refractivity contribution in [2.24, 2.45) is 11.8 Å². The van der Waals surface area contributed by atoms with Gasteiger partial charge < -0.3 is 4.74 Å². The second-order valence-corrected chi connectivity index (χ2v) is 8.98. The molecule has 0 aromatic heterocycles. The molecule has 11 heteroatoms. The Morgan fingerprint density at radius 1 is 1.03 bits per heavy atom. The Balaban J connectivity index is 1.45. The lowest BCUT2D eigenvalue weighted by molar-refractivity contribution is -0.166. The number of nitrogens with one attached hydrogen (secondary N) is 1. The molecule has 2 aliphatic carbocycles. The minimum Gasteiger partial charge on any atom is -0.489 e. The Labute approximate surface area is 207 Å². The van der Waals surface area contributed by atoms with Gasteiger partial charge in [0.05, 0.1) is 5.92 Å². The maximum absolute atomic E-state index is 13.2. The topological polar surface area (TPSA) is 75.6 Å². The Kier molecular flexibility index (Phi) is 7.18. The van der Waals surface area contributed by atoms with Crippen molar-refractivity contribution in [2.75, 3.05) is 0 Å². The highest BCUT2D eigenvalue weighted by Crippen LogP contribution is 2.43. The number of benzene rings is 2. The van der Waals surface area contributed by atoms with Gasteiger partial charge in [-0.1, -0.05) is 29.9 Å². The molecule has 0 spiro atoms. The number of amides is 1. The quantitative estimate of drug-likeness (QED) is 0.271. The summed E-state index contributed by atoms with van der Waals surface area (Å²) in [7, 11) is 0. The van der Waals surface area contributed by atoms with Crippen LogP contribution in [0.15, 0.2) is 65.8 Å². The number of allylic oxidation sites excluding steroid dienone is 4. The molecule has 2 atom stereocenters. The molecule has 0 saturated carbocycles. The van der Waals surface area contributed by atoms with E-state index in [0.29, 0.717) is 16.9 Å². The number of ether oxygens (including phenoxy) is 1. The lowest BCUT2D eigenvalue weighted by atomic mass is 9.85. The first kappa shape index (κ1) is 26.5. The van der Waals surface area contributed by atoms with E-state index in [0.717, 1.165) is 17.7 Å². The third-order valence-corrected chi connectivity index (χ3v) is 6.38. The Bertz CT molecular complexity index is 1260. The molecule has 2 aromatic rings. The van der Waals surface area contributed by atoms with E-state index in [9.17, 15) is 35.9 Å². The van der Waals surface area contributed by atoms with Crippen molar-refractivity contribution in [3.63, 3.8) is 0 Å². The molecular weight excluding hydrogens is 504 g/mol. The lowest BCUT2D eigenvalue weighted by Gasteiger charge is -2.26. The Morgan fingerprint density at radius 3 is 2.35 bits per heavy atom. The average molecular weight is 525 g/mol. The molecule has 0 radical (unpaired) electrons. The zero-order valence-electron chi connectivity index (χ0n) is 19.1. The van der Waals surface area contributed by atoms with E-state index in [1.807, 2.05) is 0 Å². The first-order valence-electron chi connectivity index (χ1n) is 11.2. The summed E-state index contributed by atoms with van der Waals surface area (Å²) in [5.41, 5.74) is 2.06. The summed E-state index contributed by atoms with van der Waals surface area (Å²) in [6.07, 6.45) is -9.44. The van der Waals surface area contributed by atoms with E-state index in [-0.39, 0.29) is 36.4 Å². The van der Waals surface area contributed by atoms with Crippen LogP contribution in [0.3, 0.4) is 0 Å². The fourth-order valence-electron chi connectivity index (χ4n) is 4.50. The number of ketones is 1. The van der Waals surface area contributed by atoms with Crippen molar-refractivity contribution < 1.29 is 45.9 Å². The van der Waals surface area contributed by atoms with Crippen molar-refractivity contribution in [1.82, 2.24) is 5.48 Å². The molecule has 2 N–H and O–H groups in total. The smallest absolute Gasteiger partial charge is 0.412 e. The van der Waals surface area contributed by atoms with Crippen LogP contribution in [-0.2, 0) is 13.0 Å². The summed E-state index contributed by atoms with van der Waals surface area (Å²) >= 11 is 0. The van der Waals surface area contributed by atoms with Crippen molar-refractivity contribution in [2.45, 2.75) is 38.2 Å². The van der Waals surface area contributed by atoms with E-state index in [1.165, 1.54) is 23.7 Å². The standard InChI is InChI=1S/C26H21F6NO4/c27-25(28,29)19-8-15(9-20(12-19)26(30,31)32)7-18-10-17-11-21(5-6-22(17)23(18)34)37-13-14-1-3-16(4-2-14)24(35)33-36/h1-6,8-9,11,18-19,36H,7,10,12-13H2,(H,33,35). The van der Waals surface area contributed by atoms with Gasteiger partial charge in [-0.3, -0.25) is 14.8 Å². The first-order valence-corrected chi connectivity index (χ1v) is 11.2. The van der Waals surface area contributed by atoms with Crippen LogP contribution in [0.4, 0.5) is 26.3 Å². The number of hydrogen-bond donors (Lipinski definition) is 2. The van der Waals surface area contributed by atoms with Crippen molar-refractivity contribution in [1.29, 1.82) is 0 Å². The van der Waals surface area contributed by atoms with Crippen LogP contribution in [0.25, 0.3) is 0 Å². The zero-order valence-corrected chi connectivity index (χ0v) is 19.1. The van der Waals surface area contributed by atoms with Crippen LogP contribution >= 0.6 is 0 Å². The van der Waals surface area contributed by atoms with E-state index in [4.69, 9.17) is 9.94 Å². The van der Waals surface area contributed by atoms with E-state index < -0.39 is 42.1 Å². The minimum atomic E-state index is -4.89. The highest BCUT2D eigenvalue weighted by molar-refractivity contribution is 6.02. The highest BCUT2D eigenvalue weighted by Gasteiger charge is 2.45. The fourth-order valence-corrected chi connectivity index (χ4v) is 4.50. The summed E-state index contributed by atoms with van der Waals surface area (Å²) in [6.45, 7) is 0.133.